The van der Waals surface area contributed by atoms with Gasteiger partial charge in [-0.15, -0.1) is 0 Å². The van der Waals surface area contributed by atoms with Gasteiger partial charge in [0.1, 0.15) is 0 Å². The molecule has 1 nitrogen and oxygen atoms in total. The van der Waals surface area contributed by atoms with Crippen molar-refractivity contribution in [1.82, 2.24) is 0 Å². The second-order valence-electron chi connectivity index (χ2n) is 4.55. The molecule has 1 aliphatic rings. The smallest absolute Gasteiger partial charge is 0.164 e. The van der Waals surface area contributed by atoms with Crippen molar-refractivity contribution in [2.45, 2.75) is 38.2 Å². The zero-order valence-corrected chi connectivity index (χ0v) is 9.13. The van der Waals surface area contributed by atoms with E-state index in [4.69, 9.17) is 0 Å². The molecule has 1 saturated carbocycles. The van der Waals surface area contributed by atoms with Crippen molar-refractivity contribution in [1.29, 1.82) is 0 Å². The maximum absolute atomic E-state index is 13.4. The lowest BCUT2D eigenvalue weighted by Crippen LogP contribution is -2.07. The van der Waals surface area contributed by atoms with Crippen LogP contribution in [-0.2, 0) is 0 Å². The van der Waals surface area contributed by atoms with Gasteiger partial charge in [0, 0.05) is 5.56 Å². The van der Waals surface area contributed by atoms with Crippen LogP contribution in [0.2, 0.25) is 0 Å². The molecule has 0 aromatic heterocycles. The third-order valence-corrected chi connectivity index (χ3v) is 3.37. The van der Waals surface area contributed by atoms with Crippen LogP contribution in [0.1, 0.15) is 43.8 Å². The van der Waals surface area contributed by atoms with Gasteiger partial charge in [0.25, 0.3) is 0 Å². The van der Waals surface area contributed by atoms with Gasteiger partial charge < -0.3 is 5.11 Å². The Labute approximate surface area is 94.1 Å². The first kappa shape index (κ1) is 11.5. The molecule has 0 aliphatic heterocycles. The number of rotatable bonds is 3. The highest BCUT2D eigenvalue weighted by atomic mass is 19.2. The van der Waals surface area contributed by atoms with Crippen LogP contribution < -0.4 is 0 Å². The van der Waals surface area contributed by atoms with E-state index in [9.17, 15) is 13.9 Å². The predicted octanol–water partition coefficient (Wildman–Crippen LogP) is 3.58. The van der Waals surface area contributed by atoms with Gasteiger partial charge in [-0.05, 0) is 18.4 Å². The minimum atomic E-state index is -0.909. The zero-order chi connectivity index (χ0) is 11.5. The first-order valence-electron chi connectivity index (χ1n) is 5.80. The van der Waals surface area contributed by atoms with Gasteiger partial charge >= 0.3 is 0 Å². The monoisotopic (exact) mass is 226 g/mol. The Morgan fingerprint density at radius 3 is 2.62 bits per heavy atom. The van der Waals surface area contributed by atoms with Crippen LogP contribution in [0.15, 0.2) is 18.2 Å². The molecule has 3 heteroatoms. The van der Waals surface area contributed by atoms with E-state index in [-0.39, 0.29) is 5.56 Å². The van der Waals surface area contributed by atoms with E-state index in [1.54, 1.807) is 0 Å². The molecule has 1 fully saturated rings. The van der Waals surface area contributed by atoms with E-state index in [0.717, 1.165) is 18.9 Å². The molecule has 1 aliphatic carbocycles. The highest BCUT2D eigenvalue weighted by Gasteiger charge is 2.22. The number of benzene rings is 1. The van der Waals surface area contributed by atoms with Crippen LogP contribution in [0.4, 0.5) is 8.78 Å². The van der Waals surface area contributed by atoms with Crippen LogP contribution >= 0.6 is 0 Å². The van der Waals surface area contributed by atoms with Gasteiger partial charge in [0.2, 0.25) is 0 Å². The van der Waals surface area contributed by atoms with Gasteiger partial charge in [-0.2, -0.15) is 0 Å². The van der Waals surface area contributed by atoms with Crippen molar-refractivity contribution in [2.24, 2.45) is 5.92 Å². The molecule has 0 saturated heterocycles. The second kappa shape index (κ2) is 4.91. The quantitative estimate of drug-likeness (QED) is 0.835. The van der Waals surface area contributed by atoms with Crippen molar-refractivity contribution in [3.05, 3.63) is 35.4 Å². The fraction of sp³-hybridized carbons (Fsp3) is 0.538. The van der Waals surface area contributed by atoms with E-state index in [1.807, 2.05) is 0 Å². The summed E-state index contributed by atoms with van der Waals surface area (Å²) in [6.07, 6.45) is 4.22. The van der Waals surface area contributed by atoms with E-state index < -0.39 is 17.7 Å². The van der Waals surface area contributed by atoms with E-state index in [2.05, 4.69) is 0 Å². The SMILES string of the molecule is OC(CC1CCCC1)c1cccc(F)c1F. The lowest BCUT2D eigenvalue weighted by Gasteiger charge is -2.16. The molecule has 88 valence electrons. The summed E-state index contributed by atoms with van der Waals surface area (Å²) < 4.78 is 26.4. The van der Waals surface area contributed by atoms with Crippen molar-refractivity contribution in [3.63, 3.8) is 0 Å². The number of aliphatic hydroxyl groups is 1. The van der Waals surface area contributed by atoms with Gasteiger partial charge in [-0.25, -0.2) is 8.78 Å². The summed E-state index contributed by atoms with van der Waals surface area (Å²) in [5, 5.41) is 9.88. The molecule has 16 heavy (non-hydrogen) atoms. The maximum atomic E-state index is 13.4. The molecule has 1 aromatic rings. The summed E-state index contributed by atoms with van der Waals surface area (Å²) in [6, 6.07) is 3.96. The topological polar surface area (TPSA) is 20.2 Å². The average Bonchev–Trinajstić information content (AvgIpc) is 2.74. The lowest BCUT2D eigenvalue weighted by atomic mass is 9.95. The minimum absolute atomic E-state index is 0.0897. The summed E-state index contributed by atoms with van der Waals surface area (Å²) >= 11 is 0. The lowest BCUT2D eigenvalue weighted by molar-refractivity contribution is 0.140. The molecule has 0 radical (unpaired) electrons. The molecule has 1 atom stereocenters. The number of hydrogen-bond donors (Lipinski definition) is 1. The highest BCUT2D eigenvalue weighted by molar-refractivity contribution is 5.21. The van der Waals surface area contributed by atoms with Crippen molar-refractivity contribution in [3.8, 4) is 0 Å². The molecular formula is C13H16F2O. The second-order valence-corrected chi connectivity index (χ2v) is 4.55. The van der Waals surface area contributed by atoms with Crippen LogP contribution in [0.5, 0.6) is 0 Å². The fourth-order valence-corrected chi connectivity index (χ4v) is 2.47. The summed E-state index contributed by atoms with van der Waals surface area (Å²) in [7, 11) is 0. The molecule has 0 bridgehead atoms. The normalized spacial score (nSPS) is 18.9. The first-order chi connectivity index (χ1) is 7.68. The summed E-state index contributed by atoms with van der Waals surface area (Å²) in [6.45, 7) is 0. The molecule has 1 N–H and O–H groups in total. The summed E-state index contributed by atoms with van der Waals surface area (Å²) in [5.74, 6) is -1.34. The van der Waals surface area contributed by atoms with Crippen molar-refractivity contribution < 1.29 is 13.9 Å². The van der Waals surface area contributed by atoms with Crippen LogP contribution in [0.3, 0.4) is 0 Å². The van der Waals surface area contributed by atoms with Gasteiger partial charge in [0.15, 0.2) is 11.6 Å². The van der Waals surface area contributed by atoms with Crippen LogP contribution in [-0.4, -0.2) is 5.11 Å². The number of halogens is 2. The third kappa shape index (κ3) is 2.40. The molecule has 1 aromatic carbocycles. The van der Waals surface area contributed by atoms with E-state index in [0.29, 0.717) is 12.3 Å². The first-order valence-corrected chi connectivity index (χ1v) is 5.80. The molecular weight excluding hydrogens is 210 g/mol. The summed E-state index contributed by atoms with van der Waals surface area (Å²) in [5.41, 5.74) is 0.0897. The Hall–Kier alpha value is -0.960. The minimum Gasteiger partial charge on any atom is -0.388 e. The Morgan fingerprint density at radius 1 is 1.25 bits per heavy atom. The Morgan fingerprint density at radius 2 is 1.94 bits per heavy atom. The Bertz CT molecular complexity index is 359. The predicted molar refractivity (Wildman–Crippen MR) is 57.9 cm³/mol. The Kier molecular flexibility index (Phi) is 3.54. The van der Waals surface area contributed by atoms with Crippen LogP contribution in [0, 0.1) is 17.6 Å². The third-order valence-electron chi connectivity index (χ3n) is 3.37. The largest absolute Gasteiger partial charge is 0.388 e. The number of aliphatic hydroxyl groups excluding tert-OH is 1. The molecule has 1 unspecified atom stereocenters. The van der Waals surface area contributed by atoms with Crippen LogP contribution in [0.25, 0.3) is 0 Å². The Balaban J connectivity index is 2.07. The van der Waals surface area contributed by atoms with Gasteiger partial charge in [-0.3, -0.25) is 0 Å². The highest BCUT2D eigenvalue weighted by Crippen LogP contribution is 2.33. The van der Waals surface area contributed by atoms with E-state index >= 15 is 0 Å². The van der Waals surface area contributed by atoms with E-state index in [1.165, 1.54) is 25.0 Å². The van der Waals surface area contributed by atoms with Crippen molar-refractivity contribution >= 4 is 0 Å². The zero-order valence-electron chi connectivity index (χ0n) is 9.13. The summed E-state index contributed by atoms with van der Waals surface area (Å²) in [4.78, 5) is 0. The maximum Gasteiger partial charge on any atom is 0.164 e. The van der Waals surface area contributed by atoms with Crippen molar-refractivity contribution in [2.75, 3.05) is 0 Å². The van der Waals surface area contributed by atoms with Gasteiger partial charge in [-0.1, -0.05) is 37.8 Å². The fourth-order valence-electron chi connectivity index (χ4n) is 2.47. The average molecular weight is 226 g/mol. The molecule has 0 amide bonds. The number of hydrogen-bond acceptors (Lipinski definition) is 1. The van der Waals surface area contributed by atoms with Gasteiger partial charge in [0.05, 0.1) is 6.10 Å². The molecule has 0 heterocycles. The molecule has 2 rings (SSSR count). The molecule has 0 spiro atoms. The standard InChI is InChI=1S/C13H16F2O/c14-11-7-3-6-10(13(11)15)12(16)8-9-4-1-2-5-9/h3,6-7,9,12,16H,1-2,4-5,8H2.